The van der Waals surface area contributed by atoms with Gasteiger partial charge in [0.25, 0.3) is 0 Å². The molecule has 2 aromatic carbocycles. The minimum absolute atomic E-state index is 0.0442. The molecule has 0 fully saturated rings. The van der Waals surface area contributed by atoms with Gasteiger partial charge in [-0.15, -0.1) is 0 Å². The Morgan fingerprint density at radius 3 is 1.57 bits per heavy atom. The maximum absolute atomic E-state index is 17.3. The fourth-order valence-corrected chi connectivity index (χ4v) is 10.3. The van der Waals surface area contributed by atoms with E-state index < -0.39 is 60.4 Å². The Labute approximate surface area is 329 Å². The van der Waals surface area contributed by atoms with E-state index in [1.807, 2.05) is 44.2 Å². The van der Waals surface area contributed by atoms with Crippen molar-refractivity contribution in [2.75, 3.05) is 34.2 Å². The van der Waals surface area contributed by atoms with Crippen molar-refractivity contribution in [1.82, 2.24) is 0 Å². The van der Waals surface area contributed by atoms with Gasteiger partial charge in [-0.25, -0.2) is 0 Å². The molecule has 5 rings (SSSR count). The van der Waals surface area contributed by atoms with Gasteiger partial charge < -0.3 is 0 Å². The molecule has 0 saturated heterocycles. The fraction of sp³-hybridized carbons (Fsp3) is 0.415. The predicted octanol–water partition coefficient (Wildman–Crippen LogP) is 10.0. The third kappa shape index (κ3) is 8.77. The summed E-state index contributed by atoms with van der Waals surface area (Å²) in [7, 11) is -8.08. The van der Waals surface area contributed by atoms with Gasteiger partial charge >= 0.3 is 324 Å². The molecule has 0 aromatic heterocycles. The first kappa shape index (κ1) is 42.0. The Bertz CT molecular complexity index is 2190. The van der Waals surface area contributed by atoms with Crippen molar-refractivity contribution in [2.24, 2.45) is 5.92 Å². The molecule has 0 spiro atoms. The molecule has 0 saturated carbocycles. The molecule has 54 heavy (non-hydrogen) atoms. The van der Waals surface area contributed by atoms with Gasteiger partial charge in [0.05, 0.1) is 0 Å². The van der Waals surface area contributed by atoms with Crippen LogP contribution < -0.4 is 8.61 Å². The van der Waals surface area contributed by atoms with E-state index in [0.29, 0.717) is 53.5 Å². The van der Waals surface area contributed by atoms with Gasteiger partial charge in [0, 0.05) is 0 Å². The summed E-state index contributed by atoms with van der Waals surface area (Å²) in [5, 5.41) is 0. The molecule has 1 unspecified atom stereocenters. The van der Waals surface area contributed by atoms with Crippen LogP contribution in [-0.4, -0.2) is 42.4 Å². The number of benzene rings is 2. The Balaban J connectivity index is 1.83. The molecule has 0 N–H and O–H groups in total. The van der Waals surface area contributed by atoms with E-state index in [4.69, 9.17) is 0 Å². The first-order valence-corrected chi connectivity index (χ1v) is 22.9. The molecule has 289 valence electrons. The van der Waals surface area contributed by atoms with Crippen LogP contribution in [0.5, 0.6) is 0 Å². The average Bonchev–Trinajstić information content (AvgIpc) is 3.88. The number of unbranched alkanes of at least 4 members (excludes halogenated alkanes) is 6. The average molecular weight is 820 g/mol. The van der Waals surface area contributed by atoms with Crippen molar-refractivity contribution in [2.45, 2.75) is 78.1 Å². The van der Waals surface area contributed by atoms with Crippen LogP contribution in [0.15, 0.2) is 81.3 Å². The van der Waals surface area contributed by atoms with E-state index in [0.717, 1.165) is 76.6 Å². The molecule has 6 nitrogen and oxygen atoms in total. The zero-order chi connectivity index (χ0) is 39.4. The SMILES string of the molecule is CCCCCCN(c1ccc(F)c(C2=[C]([Ti])C(C3=CC=CC3)C(C3=CC=CC3)=C2c2c(F)ccc(N(CCCCCC)S(C)(=O)=O)c2F)c1F)S(C)(=O)=O. The number of sulfonamides is 2. The first-order valence-electron chi connectivity index (χ1n) is 18.5. The third-order valence-corrected chi connectivity index (χ3v) is 13.3. The number of rotatable bonds is 18. The third-order valence-electron chi connectivity index (χ3n) is 10.1. The normalized spacial score (nSPS) is 17.2. The molecule has 0 aliphatic heterocycles. The van der Waals surface area contributed by atoms with Crippen molar-refractivity contribution in [3.05, 3.63) is 116 Å². The van der Waals surface area contributed by atoms with E-state index in [2.05, 4.69) is 0 Å². The van der Waals surface area contributed by atoms with Crippen molar-refractivity contribution >= 4 is 42.6 Å². The summed E-state index contributed by atoms with van der Waals surface area (Å²) >= 11 is 1.68. The van der Waals surface area contributed by atoms with Gasteiger partial charge in [-0.1, -0.05) is 6.92 Å². The molecule has 2 aromatic rings. The van der Waals surface area contributed by atoms with Crippen molar-refractivity contribution in [3.63, 3.8) is 0 Å². The standard InChI is InChI=1S/C41H47F4N2O4S2.Ti/c1-5-7-9-15-25-46(52(3,48)49)34-23-21-32(42)37(40(34)44)31-27-30(28-17-11-12-18-28)36(29-19-13-14-20-29)38(31)39-33(43)22-24-35(41(39)45)47(53(4,50)51)26-16-10-8-6-2;/h11-14,17,19,21-24,30H,5-10,15-16,18,20,25-26H2,1-4H3;. The molecule has 1 atom stereocenters. The van der Waals surface area contributed by atoms with Gasteiger partial charge in [-0.05, 0) is 0 Å². The summed E-state index contributed by atoms with van der Waals surface area (Å²) < 4.78 is 122. The van der Waals surface area contributed by atoms with Crippen LogP contribution in [0, 0.1) is 29.2 Å². The molecule has 0 heterocycles. The number of anilines is 2. The summed E-state index contributed by atoms with van der Waals surface area (Å²) in [6.07, 6.45) is 19.7. The Hall–Kier alpha value is -3.19. The second-order valence-corrected chi connectivity index (χ2v) is 18.7. The fourth-order valence-electron chi connectivity index (χ4n) is 7.48. The van der Waals surface area contributed by atoms with Crippen LogP contribution in [0.2, 0.25) is 0 Å². The first-order chi connectivity index (χ1) is 25.6. The Morgan fingerprint density at radius 1 is 0.667 bits per heavy atom. The zero-order valence-electron chi connectivity index (χ0n) is 31.2. The molecule has 0 bridgehead atoms. The molecule has 3 aliphatic carbocycles. The predicted molar refractivity (Wildman–Crippen MR) is 206 cm³/mol. The van der Waals surface area contributed by atoms with Gasteiger partial charge in [0.1, 0.15) is 0 Å². The summed E-state index contributed by atoms with van der Waals surface area (Å²) in [6.45, 7) is 3.93. The van der Waals surface area contributed by atoms with E-state index >= 15 is 17.6 Å². The molecular weight excluding hydrogens is 772 g/mol. The second kappa shape index (κ2) is 17.7. The summed E-state index contributed by atoms with van der Waals surface area (Å²) in [4.78, 5) is 0. The van der Waals surface area contributed by atoms with Gasteiger partial charge in [0.2, 0.25) is 0 Å². The van der Waals surface area contributed by atoms with E-state index in [1.165, 1.54) is 0 Å². The van der Waals surface area contributed by atoms with Gasteiger partial charge in [0.15, 0.2) is 0 Å². The van der Waals surface area contributed by atoms with Crippen LogP contribution in [0.1, 0.15) is 89.2 Å². The van der Waals surface area contributed by atoms with Crippen LogP contribution in [0.4, 0.5) is 28.9 Å². The Morgan fingerprint density at radius 2 is 1.15 bits per heavy atom. The summed E-state index contributed by atoms with van der Waals surface area (Å²) in [5.74, 6) is -5.06. The number of hydrogen-bond donors (Lipinski definition) is 0. The van der Waals surface area contributed by atoms with E-state index in [9.17, 15) is 16.8 Å². The number of hydrogen-bond acceptors (Lipinski definition) is 4. The van der Waals surface area contributed by atoms with Crippen LogP contribution in [0.3, 0.4) is 0 Å². The quantitative estimate of drug-likeness (QED) is 0.0853. The van der Waals surface area contributed by atoms with E-state index in [1.54, 1.807) is 26.5 Å². The molecule has 0 amide bonds. The number of halogens is 4. The summed E-state index contributed by atoms with van der Waals surface area (Å²) in [5.41, 5.74) is -0.169. The second-order valence-electron chi connectivity index (χ2n) is 14.0. The monoisotopic (exact) mass is 819 g/mol. The van der Waals surface area contributed by atoms with E-state index in [-0.39, 0.29) is 35.6 Å². The maximum atomic E-state index is 17.3. The molecule has 3 aliphatic rings. The van der Waals surface area contributed by atoms with Crippen LogP contribution in [-0.2, 0) is 40.5 Å². The van der Waals surface area contributed by atoms with Crippen molar-refractivity contribution in [1.29, 1.82) is 0 Å². The molecule has 13 heteroatoms. The summed E-state index contributed by atoms with van der Waals surface area (Å²) in [6, 6.07) is 4.15. The number of nitrogens with zero attached hydrogens (tertiary/aromatic N) is 2. The van der Waals surface area contributed by atoms with Crippen LogP contribution >= 0.6 is 0 Å². The number of allylic oxidation sites excluding steroid dienone is 12. The molecule has 0 radical (unpaired) electrons. The van der Waals surface area contributed by atoms with Crippen LogP contribution in [0.25, 0.3) is 11.1 Å². The topological polar surface area (TPSA) is 74.8 Å². The van der Waals surface area contributed by atoms with Gasteiger partial charge in [-0.3, -0.25) is 0 Å². The molecular formula is C41H47F4N2O4S2Ti. The van der Waals surface area contributed by atoms with Crippen molar-refractivity contribution in [3.8, 4) is 0 Å². The Kier molecular flexibility index (Phi) is 13.8. The zero-order valence-corrected chi connectivity index (χ0v) is 34.4. The van der Waals surface area contributed by atoms with Crippen molar-refractivity contribution < 1.29 is 54.8 Å². The minimum atomic E-state index is -4.04. The van der Waals surface area contributed by atoms with Gasteiger partial charge in [-0.2, -0.15) is 0 Å².